The lowest BCUT2D eigenvalue weighted by Crippen LogP contribution is -2.48. The Morgan fingerprint density at radius 2 is 2.15 bits per heavy atom. The van der Waals surface area contributed by atoms with Gasteiger partial charge in [-0.1, -0.05) is 0 Å². The van der Waals surface area contributed by atoms with Crippen LogP contribution in [0.15, 0.2) is 6.20 Å². The zero-order valence-corrected chi connectivity index (χ0v) is 11.9. The molecule has 1 aromatic rings. The van der Waals surface area contributed by atoms with Crippen LogP contribution in [0, 0.1) is 0 Å². The molecular formula is C13H21N5O2. The first kappa shape index (κ1) is 14.5. The first-order valence-corrected chi connectivity index (χ1v) is 6.76. The molecule has 0 aromatic carbocycles. The van der Waals surface area contributed by atoms with Crippen LogP contribution in [-0.4, -0.2) is 41.2 Å². The SMILES string of the molecule is CCOC(=O)c1cnc(N2CCC(C)(N)CC2)nc1N. The fraction of sp³-hybridized carbons (Fsp3) is 0.615. The lowest BCUT2D eigenvalue weighted by Gasteiger charge is -2.36. The van der Waals surface area contributed by atoms with Crippen molar-refractivity contribution in [2.45, 2.75) is 32.2 Å². The summed E-state index contributed by atoms with van der Waals surface area (Å²) in [6.45, 7) is 5.64. The molecule has 0 unspecified atom stereocenters. The Morgan fingerprint density at radius 3 is 2.70 bits per heavy atom. The number of aromatic nitrogens is 2. The van der Waals surface area contributed by atoms with Crippen molar-refractivity contribution in [3.05, 3.63) is 11.8 Å². The minimum Gasteiger partial charge on any atom is -0.462 e. The van der Waals surface area contributed by atoms with Gasteiger partial charge in [0.2, 0.25) is 5.95 Å². The number of anilines is 2. The van der Waals surface area contributed by atoms with Crippen LogP contribution in [0.5, 0.6) is 0 Å². The van der Waals surface area contributed by atoms with Crippen molar-refractivity contribution in [2.24, 2.45) is 5.73 Å². The topological polar surface area (TPSA) is 107 Å². The minimum absolute atomic E-state index is 0.132. The number of piperidine rings is 1. The number of esters is 1. The molecule has 0 spiro atoms. The molecule has 0 bridgehead atoms. The van der Waals surface area contributed by atoms with Gasteiger partial charge < -0.3 is 21.1 Å². The molecular weight excluding hydrogens is 258 g/mol. The third-order valence-electron chi connectivity index (χ3n) is 3.49. The van der Waals surface area contributed by atoms with E-state index < -0.39 is 5.97 Å². The molecule has 4 N–H and O–H groups in total. The van der Waals surface area contributed by atoms with E-state index >= 15 is 0 Å². The number of nitrogens with zero attached hydrogens (tertiary/aromatic N) is 3. The molecule has 0 aliphatic carbocycles. The molecule has 1 fully saturated rings. The van der Waals surface area contributed by atoms with E-state index in [1.54, 1.807) is 6.92 Å². The average molecular weight is 279 g/mol. The van der Waals surface area contributed by atoms with Crippen LogP contribution in [0.4, 0.5) is 11.8 Å². The van der Waals surface area contributed by atoms with Crippen molar-refractivity contribution < 1.29 is 9.53 Å². The summed E-state index contributed by atoms with van der Waals surface area (Å²) in [4.78, 5) is 22.1. The van der Waals surface area contributed by atoms with Crippen molar-refractivity contribution in [1.82, 2.24) is 9.97 Å². The maximum absolute atomic E-state index is 11.6. The Hall–Kier alpha value is -1.89. The number of carbonyl (C=O) groups excluding carboxylic acids is 1. The van der Waals surface area contributed by atoms with E-state index in [1.807, 2.05) is 11.8 Å². The molecule has 1 aliphatic rings. The summed E-state index contributed by atoms with van der Waals surface area (Å²) in [5.41, 5.74) is 12.0. The summed E-state index contributed by atoms with van der Waals surface area (Å²) in [5.74, 6) is 0.185. The summed E-state index contributed by atoms with van der Waals surface area (Å²) >= 11 is 0. The number of nitrogen functional groups attached to an aromatic ring is 1. The van der Waals surface area contributed by atoms with Crippen molar-refractivity contribution in [3.63, 3.8) is 0 Å². The normalized spacial score (nSPS) is 17.9. The standard InChI is InChI=1S/C13H21N5O2/c1-3-20-11(19)9-8-16-12(17-10(9)14)18-6-4-13(2,15)5-7-18/h8H,3-7,15H2,1-2H3,(H2,14,16,17). The highest BCUT2D eigenvalue weighted by Gasteiger charge is 2.27. The van der Waals surface area contributed by atoms with Crippen LogP contribution in [0.2, 0.25) is 0 Å². The van der Waals surface area contributed by atoms with Crippen LogP contribution < -0.4 is 16.4 Å². The molecule has 1 aliphatic heterocycles. The monoisotopic (exact) mass is 279 g/mol. The Labute approximate surface area is 118 Å². The van der Waals surface area contributed by atoms with Gasteiger partial charge in [0.05, 0.1) is 6.61 Å². The van der Waals surface area contributed by atoms with Gasteiger partial charge >= 0.3 is 5.97 Å². The van der Waals surface area contributed by atoms with E-state index in [9.17, 15) is 4.79 Å². The Morgan fingerprint density at radius 1 is 1.50 bits per heavy atom. The molecule has 1 aromatic heterocycles. The summed E-state index contributed by atoms with van der Waals surface area (Å²) in [5, 5.41) is 0. The molecule has 0 saturated carbocycles. The highest BCUT2D eigenvalue weighted by Crippen LogP contribution is 2.23. The lowest BCUT2D eigenvalue weighted by atomic mass is 9.91. The van der Waals surface area contributed by atoms with Gasteiger partial charge in [-0.05, 0) is 26.7 Å². The molecule has 7 heteroatoms. The predicted octanol–water partition coefficient (Wildman–Crippen LogP) is 0.553. The van der Waals surface area contributed by atoms with Crippen molar-refractivity contribution in [1.29, 1.82) is 0 Å². The number of carbonyl (C=O) groups is 1. The van der Waals surface area contributed by atoms with E-state index in [0.29, 0.717) is 12.6 Å². The zero-order valence-electron chi connectivity index (χ0n) is 11.9. The van der Waals surface area contributed by atoms with Crippen molar-refractivity contribution in [3.8, 4) is 0 Å². The van der Waals surface area contributed by atoms with Gasteiger partial charge in [0.1, 0.15) is 11.4 Å². The number of rotatable bonds is 3. The maximum atomic E-state index is 11.6. The van der Waals surface area contributed by atoms with E-state index in [0.717, 1.165) is 25.9 Å². The summed E-state index contributed by atoms with van der Waals surface area (Å²) in [6.07, 6.45) is 3.16. The van der Waals surface area contributed by atoms with E-state index in [4.69, 9.17) is 16.2 Å². The molecule has 2 heterocycles. The minimum atomic E-state index is -0.496. The van der Waals surface area contributed by atoms with Crippen LogP contribution >= 0.6 is 0 Å². The maximum Gasteiger partial charge on any atom is 0.343 e. The van der Waals surface area contributed by atoms with E-state index in [-0.39, 0.29) is 16.9 Å². The van der Waals surface area contributed by atoms with Crippen molar-refractivity contribution in [2.75, 3.05) is 30.3 Å². The van der Waals surface area contributed by atoms with E-state index in [1.165, 1.54) is 6.20 Å². The van der Waals surface area contributed by atoms with Crippen LogP contribution in [0.25, 0.3) is 0 Å². The molecule has 0 amide bonds. The predicted molar refractivity (Wildman–Crippen MR) is 76.4 cm³/mol. The first-order valence-electron chi connectivity index (χ1n) is 6.76. The van der Waals surface area contributed by atoms with Gasteiger partial charge in [0.15, 0.2) is 0 Å². The fourth-order valence-corrected chi connectivity index (χ4v) is 2.12. The van der Waals surface area contributed by atoms with Gasteiger partial charge in [-0.15, -0.1) is 0 Å². The van der Waals surface area contributed by atoms with Gasteiger partial charge in [0.25, 0.3) is 0 Å². The Balaban J connectivity index is 2.11. The second-order valence-corrected chi connectivity index (χ2v) is 5.33. The lowest BCUT2D eigenvalue weighted by molar-refractivity contribution is 0.0527. The third kappa shape index (κ3) is 3.16. The molecule has 20 heavy (non-hydrogen) atoms. The summed E-state index contributed by atoms with van der Waals surface area (Å²) in [6, 6.07) is 0. The highest BCUT2D eigenvalue weighted by molar-refractivity contribution is 5.93. The smallest absolute Gasteiger partial charge is 0.343 e. The largest absolute Gasteiger partial charge is 0.462 e. The summed E-state index contributed by atoms with van der Waals surface area (Å²) in [7, 11) is 0. The Bertz CT molecular complexity index is 494. The Kier molecular flexibility index (Phi) is 4.08. The van der Waals surface area contributed by atoms with Gasteiger partial charge in [0, 0.05) is 24.8 Å². The van der Waals surface area contributed by atoms with Gasteiger partial charge in [-0.2, -0.15) is 4.98 Å². The highest BCUT2D eigenvalue weighted by atomic mass is 16.5. The van der Waals surface area contributed by atoms with Gasteiger partial charge in [-0.25, -0.2) is 9.78 Å². The number of nitrogens with two attached hydrogens (primary N) is 2. The zero-order chi connectivity index (χ0) is 14.8. The van der Waals surface area contributed by atoms with Crippen LogP contribution in [0.3, 0.4) is 0 Å². The number of hydrogen-bond donors (Lipinski definition) is 2. The van der Waals surface area contributed by atoms with Crippen molar-refractivity contribution >= 4 is 17.7 Å². The average Bonchev–Trinajstić information content (AvgIpc) is 2.38. The molecule has 7 nitrogen and oxygen atoms in total. The molecule has 0 radical (unpaired) electrons. The second-order valence-electron chi connectivity index (χ2n) is 5.33. The molecule has 0 atom stereocenters. The summed E-state index contributed by atoms with van der Waals surface area (Å²) < 4.78 is 4.89. The fourth-order valence-electron chi connectivity index (χ4n) is 2.12. The quantitative estimate of drug-likeness (QED) is 0.778. The molecule has 110 valence electrons. The molecule has 1 saturated heterocycles. The van der Waals surface area contributed by atoms with Crippen LogP contribution in [0.1, 0.15) is 37.0 Å². The number of hydrogen-bond acceptors (Lipinski definition) is 7. The second kappa shape index (κ2) is 5.62. The third-order valence-corrected chi connectivity index (χ3v) is 3.49. The van der Waals surface area contributed by atoms with Crippen LogP contribution in [-0.2, 0) is 4.74 Å². The van der Waals surface area contributed by atoms with E-state index in [2.05, 4.69) is 9.97 Å². The van der Waals surface area contributed by atoms with Gasteiger partial charge in [-0.3, -0.25) is 0 Å². The first-order chi connectivity index (χ1) is 9.43. The molecule has 2 rings (SSSR count). The number of ether oxygens (including phenoxy) is 1.